The molecule has 2 heterocycles. The van der Waals surface area contributed by atoms with Crippen molar-refractivity contribution in [3.05, 3.63) is 58.0 Å². The van der Waals surface area contributed by atoms with Crippen molar-refractivity contribution >= 4 is 38.4 Å². The Labute approximate surface area is 112 Å². The molecule has 4 heteroatoms. The Balaban J connectivity index is 2.06. The fourth-order valence-electron chi connectivity index (χ4n) is 1.95. The van der Waals surface area contributed by atoms with Crippen LogP contribution in [-0.4, -0.2) is 4.57 Å². The van der Waals surface area contributed by atoms with E-state index < -0.39 is 0 Å². The third-order valence-corrected chi connectivity index (χ3v) is 3.43. The maximum Gasteiger partial charge on any atom is 0.169 e. The first-order chi connectivity index (χ1) is 8.24. The van der Waals surface area contributed by atoms with E-state index in [2.05, 4.69) is 32.6 Å². The predicted octanol–water partition coefficient (Wildman–Crippen LogP) is 4.70. The van der Waals surface area contributed by atoms with Crippen LogP contribution < -0.4 is 0 Å². The van der Waals surface area contributed by atoms with Crippen molar-refractivity contribution in [1.82, 2.24) is 4.57 Å². The lowest BCUT2D eigenvalue weighted by molar-refractivity contribution is 0.477. The van der Waals surface area contributed by atoms with E-state index in [9.17, 15) is 0 Å². The molecule has 0 N–H and O–H groups in total. The number of aromatic nitrogens is 1. The number of hydrogen-bond acceptors (Lipinski definition) is 1. The molecule has 2 aromatic heterocycles. The Morgan fingerprint density at radius 1 is 1.18 bits per heavy atom. The molecule has 0 amide bonds. The Kier molecular flexibility index (Phi) is 2.73. The first kappa shape index (κ1) is 10.9. The highest BCUT2D eigenvalue weighted by atomic mass is 79.9. The van der Waals surface area contributed by atoms with Gasteiger partial charge < -0.3 is 8.98 Å². The summed E-state index contributed by atoms with van der Waals surface area (Å²) in [5, 5.41) is 1.90. The second-order valence-corrected chi connectivity index (χ2v) is 5.02. The van der Waals surface area contributed by atoms with Gasteiger partial charge in [0.25, 0.3) is 0 Å². The molecule has 0 aliphatic heterocycles. The first-order valence-corrected chi connectivity index (χ1v) is 6.39. The highest BCUT2D eigenvalue weighted by Crippen LogP contribution is 2.25. The highest BCUT2D eigenvalue weighted by molar-refractivity contribution is 9.10. The smallest absolute Gasteiger partial charge is 0.169 e. The van der Waals surface area contributed by atoms with Crippen LogP contribution >= 0.6 is 27.5 Å². The minimum absolute atomic E-state index is 0.679. The van der Waals surface area contributed by atoms with E-state index in [1.54, 1.807) is 0 Å². The molecule has 0 bridgehead atoms. The van der Waals surface area contributed by atoms with E-state index in [-0.39, 0.29) is 0 Å². The summed E-state index contributed by atoms with van der Waals surface area (Å²) in [6.07, 6.45) is 2.02. The molecule has 3 rings (SSSR count). The van der Waals surface area contributed by atoms with Crippen molar-refractivity contribution < 1.29 is 4.42 Å². The number of nitrogens with zero attached hydrogens (tertiary/aromatic N) is 1. The summed E-state index contributed by atoms with van der Waals surface area (Å²) in [4.78, 5) is 0. The Bertz CT molecular complexity index is 671. The van der Waals surface area contributed by atoms with Crippen LogP contribution in [0.15, 0.2) is 51.7 Å². The molecule has 0 aliphatic carbocycles. The SMILES string of the molecule is Clc1cccc2ccn(Cc3ccc(Br)o3)c12. The number of hydrogen-bond donors (Lipinski definition) is 0. The molecule has 0 aliphatic rings. The van der Waals surface area contributed by atoms with Gasteiger partial charge in [-0.2, -0.15) is 0 Å². The van der Waals surface area contributed by atoms with Gasteiger partial charge in [0.2, 0.25) is 0 Å². The Morgan fingerprint density at radius 3 is 2.82 bits per heavy atom. The normalized spacial score (nSPS) is 11.2. The number of benzene rings is 1. The lowest BCUT2D eigenvalue weighted by Gasteiger charge is -2.04. The van der Waals surface area contributed by atoms with E-state index in [0.29, 0.717) is 6.54 Å². The van der Waals surface area contributed by atoms with Crippen LogP contribution in [0.1, 0.15) is 5.76 Å². The zero-order chi connectivity index (χ0) is 11.8. The number of halogens is 2. The molecule has 0 spiro atoms. The van der Waals surface area contributed by atoms with Gasteiger partial charge in [-0.3, -0.25) is 0 Å². The summed E-state index contributed by atoms with van der Waals surface area (Å²) >= 11 is 9.51. The largest absolute Gasteiger partial charge is 0.452 e. The number of fused-ring (bicyclic) bond motifs is 1. The van der Waals surface area contributed by atoms with Crippen LogP contribution in [0.3, 0.4) is 0 Å². The summed E-state index contributed by atoms with van der Waals surface area (Å²) in [7, 11) is 0. The quantitative estimate of drug-likeness (QED) is 0.671. The maximum atomic E-state index is 6.21. The zero-order valence-corrected chi connectivity index (χ0v) is 11.2. The minimum Gasteiger partial charge on any atom is -0.452 e. The van der Waals surface area contributed by atoms with Crippen molar-refractivity contribution in [2.45, 2.75) is 6.54 Å². The van der Waals surface area contributed by atoms with E-state index >= 15 is 0 Å². The molecule has 0 saturated carbocycles. The molecule has 86 valence electrons. The predicted molar refractivity (Wildman–Crippen MR) is 72.5 cm³/mol. The molecule has 0 saturated heterocycles. The third kappa shape index (κ3) is 2.01. The maximum absolute atomic E-state index is 6.21. The van der Waals surface area contributed by atoms with Gasteiger partial charge in [-0.15, -0.1) is 0 Å². The van der Waals surface area contributed by atoms with E-state index in [1.807, 2.05) is 30.5 Å². The van der Waals surface area contributed by atoms with Crippen molar-refractivity contribution in [2.75, 3.05) is 0 Å². The van der Waals surface area contributed by atoms with Gasteiger partial charge in [-0.05, 0) is 40.2 Å². The first-order valence-electron chi connectivity index (χ1n) is 5.21. The molecule has 17 heavy (non-hydrogen) atoms. The second kappa shape index (κ2) is 4.24. The average molecular weight is 311 g/mol. The topological polar surface area (TPSA) is 18.1 Å². The van der Waals surface area contributed by atoms with Crippen molar-refractivity contribution in [2.24, 2.45) is 0 Å². The van der Waals surface area contributed by atoms with Crippen LogP contribution in [0.2, 0.25) is 5.02 Å². The van der Waals surface area contributed by atoms with Crippen LogP contribution in [0.4, 0.5) is 0 Å². The molecule has 1 aromatic carbocycles. The standard InChI is InChI=1S/C13H9BrClNO/c14-12-5-4-10(17-12)8-16-7-6-9-2-1-3-11(15)13(9)16/h1-7H,8H2. The van der Waals surface area contributed by atoms with Crippen LogP contribution in [0.25, 0.3) is 10.9 Å². The van der Waals surface area contributed by atoms with Crippen molar-refractivity contribution in [3.8, 4) is 0 Å². The molecule has 0 atom stereocenters. The van der Waals surface area contributed by atoms with Crippen molar-refractivity contribution in [3.63, 3.8) is 0 Å². The zero-order valence-electron chi connectivity index (χ0n) is 8.86. The van der Waals surface area contributed by atoms with Crippen LogP contribution in [0, 0.1) is 0 Å². The molecule has 3 aromatic rings. The molecule has 0 radical (unpaired) electrons. The lowest BCUT2D eigenvalue weighted by atomic mass is 10.2. The molecule has 0 fully saturated rings. The Hall–Kier alpha value is -1.19. The average Bonchev–Trinajstić information content (AvgIpc) is 2.88. The monoisotopic (exact) mass is 309 g/mol. The fourth-order valence-corrected chi connectivity index (χ4v) is 2.58. The number of rotatable bonds is 2. The van der Waals surface area contributed by atoms with Gasteiger partial charge >= 0.3 is 0 Å². The van der Waals surface area contributed by atoms with E-state index in [1.165, 1.54) is 0 Å². The van der Waals surface area contributed by atoms with Gasteiger partial charge in [0.15, 0.2) is 4.67 Å². The van der Waals surface area contributed by atoms with Gasteiger partial charge in [0, 0.05) is 11.6 Å². The summed E-state index contributed by atoms with van der Waals surface area (Å²) in [5.74, 6) is 0.897. The fraction of sp³-hybridized carbons (Fsp3) is 0.0769. The second-order valence-electron chi connectivity index (χ2n) is 3.83. The van der Waals surface area contributed by atoms with Crippen LogP contribution in [-0.2, 0) is 6.54 Å². The molecule has 0 unspecified atom stereocenters. The summed E-state index contributed by atoms with van der Waals surface area (Å²) in [5.41, 5.74) is 1.04. The van der Waals surface area contributed by atoms with Crippen LogP contribution in [0.5, 0.6) is 0 Å². The summed E-state index contributed by atoms with van der Waals surface area (Å²) in [6, 6.07) is 11.8. The summed E-state index contributed by atoms with van der Waals surface area (Å²) < 4.78 is 8.33. The van der Waals surface area contributed by atoms with Gasteiger partial charge in [-0.1, -0.05) is 23.7 Å². The van der Waals surface area contributed by atoms with E-state index in [0.717, 1.165) is 26.4 Å². The lowest BCUT2D eigenvalue weighted by Crippen LogP contribution is -1.96. The number of furan rings is 1. The van der Waals surface area contributed by atoms with Gasteiger partial charge in [0.1, 0.15) is 5.76 Å². The highest BCUT2D eigenvalue weighted by Gasteiger charge is 2.07. The molecular weight excluding hydrogens is 302 g/mol. The molecular formula is C13H9BrClNO. The molecule has 2 nitrogen and oxygen atoms in total. The minimum atomic E-state index is 0.679. The third-order valence-electron chi connectivity index (χ3n) is 2.69. The van der Waals surface area contributed by atoms with E-state index in [4.69, 9.17) is 16.0 Å². The number of para-hydroxylation sites is 1. The summed E-state index contributed by atoms with van der Waals surface area (Å²) in [6.45, 7) is 0.679. The Morgan fingerprint density at radius 2 is 2.06 bits per heavy atom. The van der Waals surface area contributed by atoms with Crippen molar-refractivity contribution in [1.29, 1.82) is 0 Å². The van der Waals surface area contributed by atoms with Gasteiger partial charge in [0.05, 0.1) is 17.1 Å². The van der Waals surface area contributed by atoms with Gasteiger partial charge in [-0.25, -0.2) is 0 Å².